The lowest BCUT2D eigenvalue weighted by Crippen LogP contribution is -2.51. The normalized spacial score (nSPS) is 21.6. The highest BCUT2D eigenvalue weighted by Crippen LogP contribution is 2.42. The molecular formula is C41H47N3O5. The third-order valence-electron chi connectivity index (χ3n) is 9.54. The van der Waals surface area contributed by atoms with Crippen LogP contribution in [0.2, 0.25) is 0 Å². The first-order valence-electron chi connectivity index (χ1n) is 17.2. The number of aliphatic hydroxyl groups is 1. The molecule has 4 atom stereocenters. The zero-order valence-corrected chi connectivity index (χ0v) is 28.2. The Bertz CT molecular complexity index is 1640. The number of carbonyl (C=O) groups is 1. The van der Waals surface area contributed by atoms with Gasteiger partial charge in [0.25, 0.3) is 0 Å². The average molecular weight is 662 g/mol. The maximum Gasteiger partial charge on any atom is 0.407 e. The molecular weight excluding hydrogens is 614 g/mol. The number of rotatable bonds is 12. The van der Waals surface area contributed by atoms with Crippen LogP contribution >= 0.6 is 0 Å². The minimum atomic E-state index is -0.534. The summed E-state index contributed by atoms with van der Waals surface area (Å²) in [7, 11) is 0. The lowest BCUT2D eigenvalue weighted by Gasteiger charge is -2.44. The van der Waals surface area contributed by atoms with Crippen LogP contribution in [-0.2, 0) is 33.9 Å². The van der Waals surface area contributed by atoms with Gasteiger partial charge >= 0.3 is 6.09 Å². The van der Waals surface area contributed by atoms with E-state index in [0.29, 0.717) is 6.54 Å². The van der Waals surface area contributed by atoms with Crippen LogP contribution in [0.1, 0.15) is 47.1 Å². The molecule has 0 bridgehead atoms. The number of aliphatic hydroxyl groups excluding tert-OH is 1. The van der Waals surface area contributed by atoms with Crippen LogP contribution in [0.5, 0.6) is 0 Å². The molecule has 8 heteroatoms. The molecule has 2 heterocycles. The maximum absolute atomic E-state index is 12.0. The van der Waals surface area contributed by atoms with Crippen LogP contribution in [0.3, 0.4) is 0 Å². The average Bonchev–Trinajstić information content (AvgIpc) is 3.15. The van der Waals surface area contributed by atoms with Gasteiger partial charge in [-0.15, -0.1) is 0 Å². The Hall–Kier alpha value is -4.31. The van der Waals surface area contributed by atoms with Gasteiger partial charge in [0, 0.05) is 57.3 Å². The van der Waals surface area contributed by atoms with E-state index < -0.39 is 12.4 Å². The van der Waals surface area contributed by atoms with Gasteiger partial charge in [0.1, 0.15) is 6.61 Å². The van der Waals surface area contributed by atoms with Gasteiger partial charge in [-0.2, -0.15) is 0 Å². The van der Waals surface area contributed by atoms with E-state index in [1.807, 2.05) is 30.3 Å². The van der Waals surface area contributed by atoms with Crippen LogP contribution in [0.25, 0.3) is 11.1 Å². The minimum absolute atomic E-state index is 0.0108. The minimum Gasteiger partial charge on any atom is -0.445 e. The highest BCUT2D eigenvalue weighted by molar-refractivity contribution is 5.70. The first kappa shape index (κ1) is 34.5. The fourth-order valence-electron chi connectivity index (χ4n) is 6.68. The number of carbonyl (C=O) groups excluding carboxylic acids is 1. The van der Waals surface area contributed by atoms with Crippen LogP contribution < -0.4 is 5.32 Å². The fraction of sp³-hybridized carbons (Fsp3) is 0.341. The molecule has 4 unspecified atom stereocenters. The van der Waals surface area contributed by atoms with E-state index in [1.54, 1.807) is 6.08 Å². The summed E-state index contributed by atoms with van der Waals surface area (Å²) in [4.78, 5) is 17.1. The molecule has 6 rings (SSSR count). The van der Waals surface area contributed by atoms with Crippen LogP contribution in [0.4, 0.5) is 4.79 Å². The molecule has 0 saturated carbocycles. The lowest BCUT2D eigenvalue weighted by atomic mass is 9.89. The second-order valence-electron chi connectivity index (χ2n) is 12.9. The summed E-state index contributed by atoms with van der Waals surface area (Å²) in [5, 5.41) is 12.4. The van der Waals surface area contributed by atoms with Gasteiger partial charge in [0.15, 0.2) is 6.29 Å². The summed E-state index contributed by atoms with van der Waals surface area (Å²) < 4.78 is 18.6. The summed E-state index contributed by atoms with van der Waals surface area (Å²) in [5.74, 6) is 0.121. The Morgan fingerprint density at radius 1 is 0.857 bits per heavy atom. The van der Waals surface area contributed by atoms with Crippen LogP contribution in [0.15, 0.2) is 116 Å². The van der Waals surface area contributed by atoms with Gasteiger partial charge < -0.3 is 24.6 Å². The fourth-order valence-corrected chi connectivity index (χ4v) is 6.68. The standard InChI is InChI=1S/C41H47N3O5/c1-3-25-47-41(46)42-26-36-11-7-8-12-37(36)33-17-19-35(20-18-33)40-48-38(30(2)39(49-40)34-15-13-32(29-45)14-16-34)28-44-23-21-43(22-24-44)27-31-9-5-4-6-10-31/h3-20,30,38-40,45H,1,21-29H2,2H3,(H,42,46). The number of nitrogens with one attached hydrogen (secondary N) is 1. The van der Waals surface area contributed by atoms with Gasteiger partial charge in [-0.3, -0.25) is 9.80 Å². The molecule has 4 aromatic carbocycles. The lowest BCUT2D eigenvalue weighted by molar-refractivity contribution is -0.276. The number of piperazine rings is 1. The van der Waals surface area contributed by atoms with Crippen molar-refractivity contribution in [3.05, 3.63) is 144 Å². The van der Waals surface area contributed by atoms with Gasteiger partial charge in [-0.1, -0.05) is 123 Å². The first-order chi connectivity index (χ1) is 24.0. The van der Waals surface area contributed by atoms with Crippen molar-refractivity contribution < 1.29 is 24.1 Å². The predicted molar refractivity (Wildman–Crippen MR) is 191 cm³/mol. The van der Waals surface area contributed by atoms with Crippen molar-refractivity contribution >= 4 is 6.09 Å². The molecule has 0 aromatic heterocycles. The molecule has 2 aliphatic rings. The van der Waals surface area contributed by atoms with E-state index in [1.165, 1.54) is 5.56 Å². The van der Waals surface area contributed by atoms with Crippen LogP contribution in [0, 0.1) is 5.92 Å². The molecule has 4 aromatic rings. The second-order valence-corrected chi connectivity index (χ2v) is 12.9. The van der Waals surface area contributed by atoms with Crippen molar-refractivity contribution in [1.29, 1.82) is 0 Å². The van der Waals surface area contributed by atoms with Crippen molar-refractivity contribution in [2.45, 2.75) is 45.1 Å². The Morgan fingerprint density at radius 3 is 2.24 bits per heavy atom. The first-order valence-corrected chi connectivity index (χ1v) is 17.2. The highest BCUT2D eigenvalue weighted by atomic mass is 16.7. The Labute approximate surface area is 289 Å². The zero-order valence-electron chi connectivity index (χ0n) is 28.2. The predicted octanol–water partition coefficient (Wildman–Crippen LogP) is 6.87. The largest absolute Gasteiger partial charge is 0.445 e. The topological polar surface area (TPSA) is 83.5 Å². The quantitative estimate of drug-likeness (QED) is 0.161. The number of alkyl carbamates (subject to hydrolysis) is 1. The van der Waals surface area contributed by atoms with E-state index in [2.05, 4.69) is 101 Å². The molecule has 256 valence electrons. The van der Waals surface area contributed by atoms with E-state index >= 15 is 0 Å². The van der Waals surface area contributed by atoms with Gasteiger partial charge in [0.05, 0.1) is 18.8 Å². The van der Waals surface area contributed by atoms with Crippen molar-refractivity contribution in [2.24, 2.45) is 5.92 Å². The maximum atomic E-state index is 12.0. The van der Waals surface area contributed by atoms with Crippen molar-refractivity contribution in [3.63, 3.8) is 0 Å². The van der Waals surface area contributed by atoms with Crippen molar-refractivity contribution in [3.8, 4) is 11.1 Å². The number of ether oxygens (including phenoxy) is 3. The second kappa shape index (κ2) is 16.9. The van der Waals surface area contributed by atoms with E-state index in [-0.39, 0.29) is 31.3 Å². The molecule has 0 aliphatic carbocycles. The van der Waals surface area contributed by atoms with Crippen molar-refractivity contribution in [1.82, 2.24) is 15.1 Å². The smallest absolute Gasteiger partial charge is 0.407 e. The van der Waals surface area contributed by atoms with Crippen LogP contribution in [-0.4, -0.2) is 66.4 Å². The molecule has 2 N–H and O–H groups in total. The molecule has 0 spiro atoms. The number of benzene rings is 4. The Kier molecular flexibility index (Phi) is 11.9. The molecule has 8 nitrogen and oxygen atoms in total. The van der Waals surface area contributed by atoms with E-state index in [4.69, 9.17) is 14.2 Å². The number of amides is 1. The summed E-state index contributed by atoms with van der Waals surface area (Å²) in [6, 6.07) is 35.1. The number of hydrogen-bond donors (Lipinski definition) is 2. The summed E-state index contributed by atoms with van der Waals surface area (Å²) in [5.41, 5.74) is 7.32. The molecule has 2 aliphatic heterocycles. The monoisotopic (exact) mass is 661 g/mol. The van der Waals surface area contributed by atoms with Gasteiger partial charge in [-0.25, -0.2) is 4.79 Å². The summed E-state index contributed by atoms with van der Waals surface area (Å²) >= 11 is 0. The molecule has 1 amide bonds. The third kappa shape index (κ3) is 9.03. The van der Waals surface area contributed by atoms with E-state index in [9.17, 15) is 9.90 Å². The number of hydrogen-bond acceptors (Lipinski definition) is 7. The molecule has 2 fully saturated rings. The highest BCUT2D eigenvalue weighted by Gasteiger charge is 2.39. The molecule has 49 heavy (non-hydrogen) atoms. The summed E-state index contributed by atoms with van der Waals surface area (Å²) in [6.07, 6.45) is 0.335. The van der Waals surface area contributed by atoms with Gasteiger partial charge in [0.2, 0.25) is 0 Å². The van der Waals surface area contributed by atoms with E-state index in [0.717, 1.165) is 72.6 Å². The Balaban J connectivity index is 1.16. The van der Waals surface area contributed by atoms with Gasteiger partial charge in [-0.05, 0) is 33.4 Å². The zero-order chi connectivity index (χ0) is 34.0. The SMILES string of the molecule is C=CCOC(=O)NCc1ccccc1-c1ccc(C2OC(CN3CCN(Cc4ccccc4)CC3)C(C)C(c3ccc(CO)cc3)O2)cc1. The third-order valence-corrected chi connectivity index (χ3v) is 9.54. The summed E-state index contributed by atoms with van der Waals surface area (Å²) in [6.45, 7) is 12.2. The number of nitrogens with zero attached hydrogens (tertiary/aromatic N) is 2. The Morgan fingerprint density at radius 2 is 1.53 bits per heavy atom. The van der Waals surface area contributed by atoms with Crippen molar-refractivity contribution in [2.75, 3.05) is 39.3 Å². The molecule has 2 saturated heterocycles. The molecule has 0 radical (unpaired) electrons.